The van der Waals surface area contributed by atoms with Crippen LogP contribution in [-0.4, -0.2) is 24.3 Å². The first-order valence-electron chi connectivity index (χ1n) is 3.20. The molecule has 12 heavy (non-hydrogen) atoms. The second kappa shape index (κ2) is 4.95. The number of aliphatic imine (C=N–C) groups is 1. The fraction of sp³-hybridized carbons (Fsp3) is 0.143. The van der Waals surface area contributed by atoms with E-state index >= 15 is 0 Å². The second-order valence-electron chi connectivity index (χ2n) is 2.03. The van der Waals surface area contributed by atoms with Crippen molar-refractivity contribution in [1.29, 1.82) is 0 Å². The van der Waals surface area contributed by atoms with Crippen molar-refractivity contribution in [1.82, 2.24) is 10.4 Å². The lowest BCUT2D eigenvalue weighted by atomic mass is 10.6. The van der Waals surface area contributed by atoms with Gasteiger partial charge in [0.05, 0.1) is 0 Å². The van der Waals surface area contributed by atoms with Crippen LogP contribution in [0.15, 0.2) is 30.0 Å². The van der Waals surface area contributed by atoms with E-state index in [9.17, 15) is 4.79 Å². The number of amides is 1. The largest absolute Gasteiger partial charge is 0.384 e. The number of hydrogen-bond acceptors (Lipinski definition) is 3. The van der Waals surface area contributed by atoms with Gasteiger partial charge in [0, 0.05) is 7.05 Å². The molecule has 0 bridgehead atoms. The van der Waals surface area contributed by atoms with Crippen molar-refractivity contribution >= 4 is 12.2 Å². The van der Waals surface area contributed by atoms with Gasteiger partial charge in [0.1, 0.15) is 12.2 Å². The molecule has 5 nitrogen and oxygen atoms in total. The van der Waals surface area contributed by atoms with Crippen molar-refractivity contribution in [2.24, 2.45) is 10.7 Å². The minimum absolute atomic E-state index is 0.176. The molecule has 0 aliphatic rings. The maximum Gasteiger partial charge on any atom is 0.261 e. The zero-order valence-corrected chi connectivity index (χ0v) is 6.95. The van der Waals surface area contributed by atoms with E-state index < -0.39 is 0 Å². The Morgan fingerprint density at radius 2 is 2.33 bits per heavy atom. The number of nitrogens with two attached hydrogens (primary N) is 1. The highest BCUT2D eigenvalue weighted by atomic mass is 16.2. The van der Waals surface area contributed by atoms with Gasteiger partial charge in [-0.3, -0.25) is 15.2 Å². The van der Waals surface area contributed by atoms with Crippen LogP contribution in [0.1, 0.15) is 0 Å². The highest BCUT2D eigenvalue weighted by Gasteiger charge is 1.94. The highest BCUT2D eigenvalue weighted by molar-refractivity contribution is 5.87. The van der Waals surface area contributed by atoms with Crippen LogP contribution in [0, 0.1) is 0 Å². The number of hydrogen-bond donors (Lipinski definition) is 2. The fourth-order valence-electron chi connectivity index (χ4n) is 0.409. The van der Waals surface area contributed by atoms with Gasteiger partial charge in [-0.1, -0.05) is 13.2 Å². The summed E-state index contributed by atoms with van der Waals surface area (Å²) in [7, 11) is 1.60. The van der Waals surface area contributed by atoms with Gasteiger partial charge in [-0.15, -0.1) is 0 Å². The molecule has 0 aliphatic carbocycles. The lowest BCUT2D eigenvalue weighted by Crippen LogP contribution is -2.37. The molecule has 0 heterocycles. The average Bonchev–Trinajstić information content (AvgIpc) is 2.00. The van der Waals surface area contributed by atoms with Gasteiger partial charge in [-0.05, 0) is 6.08 Å². The van der Waals surface area contributed by atoms with E-state index in [1.807, 2.05) is 0 Å². The predicted octanol–water partition coefficient (Wildman–Crippen LogP) is -0.406. The smallest absolute Gasteiger partial charge is 0.261 e. The van der Waals surface area contributed by atoms with Gasteiger partial charge in [0.2, 0.25) is 0 Å². The van der Waals surface area contributed by atoms with Gasteiger partial charge >= 0.3 is 0 Å². The first-order valence-corrected chi connectivity index (χ1v) is 3.20. The van der Waals surface area contributed by atoms with E-state index in [0.29, 0.717) is 0 Å². The van der Waals surface area contributed by atoms with Gasteiger partial charge in [-0.2, -0.15) is 0 Å². The molecule has 0 unspecified atom stereocenters. The Bertz CT molecular complexity index is 221. The molecular weight excluding hydrogens is 156 g/mol. The minimum atomic E-state index is -0.313. The van der Waals surface area contributed by atoms with Crippen LogP contribution in [0.5, 0.6) is 0 Å². The Hall–Kier alpha value is -1.78. The summed E-state index contributed by atoms with van der Waals surface area (Å²) < 4.78 is 0. The lowest BCUT2D eigenvalue weighted by molar-refractivity contribution is -0.119. The van der Waals surface area contributed by atoms with Crippen LogP contribution >= 0.6 is 0 Å². The molecule has 0 saturated heterocycles. The Balaban J connectivity index is 3.88. The lowest BCUT2D eigenvalue weighted by Gasteiger charge is -2.12. The zero-order chi connectivity index (χ0) is 9.56. The first kappa shape index (κ1) is 10.2. The summed E-state index contributed by atoms with van der Waals surface area (Å²) in [6, 6.07) is 0. The number of carbonyl (C=O) groups is 1. The van der Waals surface area contributed by atoms with E-state index in [4.69, 9.17) is 5.73 Å². The molecular formula is C7H12N4O. The molecule has 0 aromatic carbocycles. The Morgan fingerprint density at radius 1 is 1.75 bits per heavy atom. The van der Waals surface area contributed by atoms with Gasteiger partial charge in [0.25, 0.3) is 5.91 Å². The normalized spacial score (nSPS) is 9.42. The van der Waals surface area contributed by atoms with Crippen LogP contribution in [-0.2, 0) is 4.79 Å². The Kier molecular flexibility index (Phi) is 4.21. The monoisotopic (exact) mass is 168 g/mol. The third-order valence-corrected chi connectivity index (χ3v) is 0.869. The molecule has 0 rings (SSSR count). The molecule has 1 amide bonds. The molecule has 66 valence electrons. The molecule has 0 radical (unpaired) electrons. The van der Waals surface area contributed by atoms with Crippen molar-refractivity contribution < 1.29 is 4.79 Å². The number of nitrogens with zero attached hydrogens (tertiary/aromatic N) is 2. The summed E-state index contributed by atoms with van der Waals surface area (Å²) in [6.45, 7) is 6.63. The van der Waals surface area contributed by atoms with Gasteiger partial charge in [0.15, 0.2) is 0 Å². The fourth-order valence-corrected chi connectivity index (χ4v) is 0.409. The standard InChI is InChI=1S/C7H12N4O/c1-4-7(12)10-11(3)5-9-6(2)8/h4-5H,1-2,8H2,3H3,(H,10,12). The summed E-state index contributed by atoms with van der Waals surface area (Å²) in [6.07, 6.45) is 2.49. The molecule has 0 atom stereocenters. The van der Waals surface area contributed by atoms with Crippen LogP contribution < -0.4 is 11.2 Å². The maximum atomic E-state index is 10.7. The van der Waals surface area contributed by atoms with Crippen LogP contribution in [0.3, 0.4) is 0 Å². The number of rotatable bonds is 4. The molecule has 0 fully saturated rings. The Labute approximate surface area is 71.2 Å². The van der Waals surface area contributed by atoms with Crippen LogP contribution in [0.4, 0.5) is 0 Å². The summed E-state index contributed by atoms with van der Waals surface area (Å²) >= 11 is 0. The molecule has 0 aliphatic heterocycles. The van der Waals surface area contributed by atoms with Gasteiger partial charge in [-0.25, -0.2) is 4.99 Å². The minimum Gasteiger partial charge on any atom is -0.384 e. The summed E-state index contributed by atoms with van der Waals surface area (Å²) in [4.78, 5) is 14.3. The van der Waals surface area contributed by atoms with E-state index in [1.54, 1.807) is 7.05 Å². The predicted molar refractivity (Wildman–Crippen MR) is 47.9 cm³/mol. The molecule has 0 aromatic heterocycles. The maximum absolute atomic E-state index is 10.7. The third-order valence-electron chi connectivity index (χ3n) is 0.869. The van der Waals surface area contributed by atoms with Crippen molar-refractivity contribution in [2.75, 3.05) is 7.05 Å². The van der Waals surface area contributed by atoms with Crippen molar-refractivity contribution in [3.8, 4) is 0 Å². The summed E-state index contributed by atoms with van der Waals surface area (Å²) in [5.74, 6) is -0.138. The zero-order valence-electron chi connectivity index (χ0n) is 6.95. The first-order chi connectivity index (χ1) is 5.56. The molecule has 5 heteroatoms. The second-order valence-corrected chi connectivity index (χ2v) is 2.03. The van der Waals surface area contributed by atoms with E-state index in [-0.39, 0.29) is 11.7 Å². The van der Waals surface area contributed by atoms with E-state index in [0.717, 1.165) is 6.08 Å². The molecule has 0 saturated carbocycles. The van der Waals surface area contributed by atoms with E-state index in [2.05, 4.69) is 23.6 Å². The van der Waals surface area contributed by atoms with Crippen molar-refractivity contribution in [2.45, 2.75) is 0 Å². The topological polar surface area (TPSA) is 70.7 Å². The van der Waals surface area contributed by atoms with E-state index in [1.165, 1.54) is 11.3 Å². The number of carbonyl (C=O) groups excluding carboxylic acids is 1. The molecule has 3 N–H and O–H groups in total. The summed E-state index contributed by atoms with van der Waals surface area (Å²) in [5, 5.41) is 1.35. The summed E-state index contributed by atoms with van der Waals surface area (Å²) in [5.41, 5.74) is 7.57. The van der Waals surface area contributed by atoms with Gasteiger partial charge < -0.3 is 5.73 Å². The SMILES string of the molecule is C=CC(=O)NN(C)C=NC(=C)N. The molecule has 0 aromatic rings. The highest BCUT2D eigenvalue weighted by Crippen LogP contribution is 1.78. The van der Waals surface area contributed by atoms with Crippen molar-refractivity contribution in [3.05, 3.63) is 25.1 Å². The average molecular weight is 168 g/mol. The quantitative estimate of drug-likeness (QED) is 0.259. The number of nitrogens with one attached hydrogen (secondary N) is 1. The van der Waals surface area contributed by atoms with Crippen molar-refractivity contribution in [3.63, 3.8) is 0 Å². The van der Waals surface area contributed by atoms with Crippen LogP contribution in [0.2, 0.25) is 0 Å². The molecule has 0 spiro atoms. The van der Waals surface area contributed by atoms with Crippen LogP contribution in [0.25, 0.3) is 0 Å². The third kappa shape index (κ3) is 5.04. The Morgan fingerprint density at radius 3 is 2.75 bits per heavy atom. The number of hydrazine groups is 1.